The van der Waals surface area contributed by atoms with Crippen LogP contribution in [0.1, 0.15) is 31.4 Å². The summed E-state index contributed by atoms with van der Waals surface area (Å²) in [6.07, 6.45) is 5.31. The number of aromatic nitrogens is 2. The van der Waals surface area contributed by atoms with E-state index in [1.54, 1.807) is 18.5 Å². The van der Waals surface area contributed by atoms with Gasteiger partial charge in [-0.1, -0.05) is 55.4 Å². The van der Waals surface area contributed by atoms with Gasteiger partial charge in [-0.2, -0.15) is 0 Å². The lowest BCUT2D eigenvalue weighted by molar-refractivity contribution is -0.119. The third-order valence-electron chi connectivity index (χ3n) is 2.99. The van der Waals surface area contributed by atoms with E-state index in [4.69, 9.17) is 0 Å². The summed E-state index contributed by atoms with van der Waals surface area (Å²) in [6, 6.07) is 11.9. The molecule has 0 aliphatic heterocycles. The van der Waals surface area contributed by atoms with E-state index < -0.39 is 0 Å². The molecule has 1 atom stereocenters. The SMILES string of the molecule is CCCC(NC(=O)CSc1ncccn1)c1ccccc1. The van der Waals surface area contributed by atoms with Crippen LogP contribution >= 0.6 is 11.8 Å². The number of rotatable bonds is 7. The molecule has 5 heteroatoms. The first kappa shape index (κ1) is 15.5. The Bertz CT molecular complexity index is 548. The zero-order chi connectivity index (χ0) is 14.9. The molecule has 110 valence electrons. The number of nitrogens with zero attached hydrogens (tertiary/aromatic N) is 2. The minimum Gasteiger partial charge on any atom is -0.349 e. The predicted octanol–water partition coefficient (Wildman–Crippen LogP) is 3.23. The Hall–Kier alpha value is -1.88. The number of carbonyl (C=O) groups excluding carboxylic acids is 1. The smallest absolute Gasteiger partial charge is 0.230 e. The molecule has 0 fully saturated rings. The van der Waals surface area contributed by atoms with E-state index >= 15 is 0 Å². The summed E-state index contributed by atoms with van der Waals surface area (Å²) in [5.74, 6) is 0.339. The average Bonchev–Trinajstić information content (AvgIpc) is 2.54. The van der Waals surface area contributed by atoms with Crippen molar-refractivity contribution in [3.63, 3.8) is 0 Å². The third kappa shape index (κ3) is 5.19. The summed E-state index contributed by atoms with van der Waals surface area (Å²) in [4.78, 5) is 20.3. The first-order valence-electron chi connectivity index (χ1n) is 7.03. The summed E-state index contributed by atoms with van der Waals surface area (Å²) < 4.78 is 0. The lowest BCUT2D eigenvalue weighted by atomic mass is 10.0. The Balaban J connectivity index is 1.89. The van der Waals surface area contributed by atoms with Gasteiger partial charge in [-0.05, 0) is 18.1 Å². The highest BCUT2D eigenvalue weighted by atomic mass is 32.2. The molecule has 21 heavy (non-hydrogen) atoms. The molecule has 0 spiro atoms. The fourth-order valence-corrected chi connectivity index (χ4v) is 2.64. The van der Waals surface area contributed by atoms with Crippen molar-refractivity contribution in [2.45, 2.75) is 31.0 Å². The summed E-state index contributed by atoms with van der Waals surface area (Å²) in [6.45, 7) is 2.12. The van der Waals surface area contributed by atoms with Gasteiger partial charge in [-0.25, -0.2) is 9.97 Å². The second-order valence-corrected chi connectivity index (χ2v) is 5.58. The van der Waals surface area contributed by atoms with Crippen LogP contribution in [0.2, 0.25) is 0 Å². The van der Waals surface area contributed by atoms with Gasteiger partial charge in [0.2, 0.25) is 5.91 Å². The minimum atomic E-state index is 0.00903. The van der Waals surface area contributed by atoms with Gasteiger partial charge in [0.15, 0.2) is 5.16 Å². The van der Waals surface area contributed by atoms with E-state index in [1.807, 2.05) is 30.3 Å². The van der Waals surface area contributed by atoms with Crippen LogP contribution < -0.4 is 5.32 Å². The monoisotopic (exact) mass is 301 g/mol. The maximum Gasteiger partial charge on any atom is 0.230 e. The highest BCUT2D eigenvalue weighted by Crippen LogP contribution is 2.19. The molecule has 0 aliphatic rings. The van der Waals surface area contributed by atoms with Crippen molar-refractivity contribution in [3.8, 4) is 0 Å². The van der Waals surface area contributed by atoms with Crippen LogP contribution in [-0.2, 0) is 4.79 Å². The van der Waals surface area contributed by atoms with Crippen LogP contribution in [0.5, 0.6) is 0 Å². The fraction of sp³-hybridized carbons (Fsp3) is 0.312. The maximum absolute atomic E-state index is 12.1. The lowest BCUT2D eigenvalue weighted by Gasteiger charge is -2.18. The molecule has 4 nitrogen and oxygen atoms in total. The molecular weight excluding hydrogens is 282 g/mol. The Kier molecular flexibility index (Phi) is 6.22. The van der Waals surface area contributed by atoms with E-state index in [0.717, 1.165) is 18.4 Å². The highest BCUT2D eigenvalue weighted by molar-refractivity contribution is 7.99. The molecule has 1 heterocycles. The third-order valence-corrected chi connectivity index (χ3v) is 3.86. The number of hydrogen-bond acceptors (Lipinski definition) is 4. The molecule has 2 aromatic rings. The van der Waals surface area contributed by atoms with Crippen LogP contribution in [0, 0.1) is 0 Å². The van der Waals surface area contributed by atoms with Crippen LogP contribution in [-0.4, -0.2) is 21.6 Å². The summed E-state index contributed by atoms with van der Waals surface area (Å²) >= 11 is 1.35. The highest BCUT2D eigenvalue weighted by Gasteiger charge is 2.13. The van der Waals surface area contributed by atoms with Gasteiger partial charge in [0.25, 0.3) is 0 Å². The Labute approximate surface area is 129 Å². The largest absolute Gasteiger partial charge is 0.349 e. The molecule has 2 rings (SSSR count). The number of benzene rings is 1. The van der Waals surface area contributed by atoms with Crippen molar-refractivity contribution in [1.82, 2.24) is 15.3 Å². The summed E-state index contributed by atoms with van der Waals surface area (Å²) in [7, 11) is 0. The number of carbonyl (C=O) groups is 1. The first-order valence-corrected chi connectivity index (χ1v) is 8.02. The van der Waals surface area contributed by atoms with Crippen molar-refractivity contribution < 1.29 is 4.79 Å². The molecule has 0 aliphatic carbocycles. The van der Waals surface area contributed by atoms with Gasteiger partial charge in [0, 0.05) is 12.4 Å². The molecule has 0 bridgehead atoms. The molecule has 1 aromatic heterocycles. The zero-order valence-electron chi connectivity index (χ0n) is 12.0. The Morgan fingerprint density at radius 2 is 1.90 bits per heavy atom. The number of amides is 1. The standard InChI is InChI=1S/C16H19N3OS/c1-2-7-14(13-8-4-3-5-9-13)19-15(20)12-21-16-17-10-6-11-18-16/h3-6,8-11,14H,2,7,12H2,1H3,(H,19,20). The topological polar surface area (TPSA) is 54.9 Å². The second kappa shape index (κ2) is 8.42. The summed E-state index contributed by atoms with van der Waals surface area (Å²) in [5.41, 5.74) is 1.15. The molecule has 1 amide bonds. The van der Waals surface area contributed by atoms with Gasteiger partial charge < -0.3 is 5.32 Å². The minimum absolute atomic E-state index is 0.00903. The van der Waals surface area contributed by atoms with Crippen LogP contribution in [0.15, 0.2) is 53.9 Å². The van der Waals surface area contributed by atoms with Crippen molar-refractivity contribution in [2.24, 2.45) is 0 Å². The average molecular weight is 301 g/mol. The van der Waals surface area contributed by atoms with E-state index in [9.17, 15) is 4.79 Å². The molecule has 0 radical (unpaired) electrons. The van der Waals surface area contributed by atoms with Gasteiger partial charge in [-0.3, -0.25) is 4.79 Å². The van der Waals surface area contributed by atoms with Gasteiger partial charge >= 0.3 is 0 Å². The quantitative estimate of drug-likeness (QED) is 0.630. The molecule has 0 saturated heterocycles. The van der Waals surface area contributed by atoms with Crippen LogP contribution in [0.25, 0.3) is 0 Å². The summed E-state index contributed by atoms with van der Waals surface area (Å²) in [5, 5.41) is 3.71. The second-order valence-electron chi connectivity index (χ2n) is 4.64. The number of hydrogen-bond donors (Lipinski definition) is 1. The first-order chi connectivity index (χ1) is 10.3. The van der Waals surface area contributed by atoms with Crippen LogP contribution in [0.3, 0.4) is 0 Å². The molecule has 1 unspecified atom stereocenters. The zero-order valence-corrected chi connectivity index (χ0v) is 12.8. The van der Waals surface area contributed by atoms with Crippen molar-refractivity contribution >= 4 is 17.7 Å². The number of nitrogens with one attached hydrogen (secondary N) is 1. The van der Waals surface area contributed by atoms with E-state index in [1.165, 1.54) is 11.8 Å². The van der Waals surface area contributed by atoms with Crippen molar-refractivity contribution in [2.75, 3.05) is 5.75 Å². The Morgan fingerprint density at radius 1 is 1.19 bits per heavy atom. The van der Waals surface area contributed by atoms with E-state index in [2.05, 4.69) is 22.2 Å². The normalized spacial score (nSPS) is 11.9. The van der Waals surface area contributed by atoms with Crippen molar-refractivity contribution in [3.05, 3.63) is 54.4 Å². The maximum atomic E-state index is 12.1. The van der Waals surface area contributed by atoms with Crippen molar-refractivity contribution in [1.29, 1.82) is 0 Å². The molecule has 1 aromatic carbocycles. The fourth-order valence-electron chi connectivity index (χ4n) is 2.02. The molecule has 1 N–H and O–H groups in total. The van der Waals surface area contributed by atoms with Gasteiger partial charge in [0.05, 0.1) is 11.8 Å². The lowest BCUT2D eigenvalue weighted by Crippen LogP contribution is -2.30. The van der Waals surface area contributed by atoms with Gasteiger partial charge in [-0.15, -0.1) is 0 Å². The molecular formula is C16H19N3OS. The Morgan fingerprint density at radius 3 is 2.57 bits per heavy atom. The number of thioether (sulfide) groups is 1. The van der Waals surface area contributed by atoms with Crippen LogP contribution in [0.4, 0.5) is 0 Å². The predicted molar refractivity (Wildman–Crippen MR) is 85.0 cm³/mol. The van der Waals surface area contributed by atoms with E-state index in [0.29, 0.717) is 10.9 Å². The van der Waals surface area contributed by atoms with Gasteiger partial charge in [0.1, 0.15) is 0 Å². The van der Waals surface area contributed by atoms with E-state index in [-0.39, 0.29) is 11.9 Å². The molecule has 0 saturated carbocycles.